The third kappa shape index (κ3) is 6.24. The molecule has 154 valence electrons. The quantitative estimate of drug-likeness (QED) is 0.357. The van der Waals surface area contributed by atoms with Crippen LogP contribution in [0.3, 0.4) is 0 Å². The van der Waals surface area contributed by atoms with Crippen molar-refractivity contribution in [3.8, 4) is 11.5 Å². The van der Waals surface area contributed by atoms with Crippen molar-refractivity contribution < 1.29 is 14.3 Å². The Morgan fingerprint density at radius 1 is 0.967 bits per heavy atom. The van der Waals surface area contributed by atoms with E-state index in [1.54, 1.807) is 42.6 Å². The van der Waals surface area contributed by atoms with Gasteiger partial charge in [0, 0.05) is 21.2 Å². The molecular weight excluding hydrogens is 423 g/mol. The van der Waals surface area contributed by atoms with Gasteiger partial charge < -0.3 is 9.47 Å². The molecule has 0 fully saturated rings. The molecule has 0 radical (unpaired) electrons. The number of nitrogens with zero attached hydrogens (tertiary/aromatic N) is 1. The normalized spacial score (nSPS) is 10.8. The molecule has 0 saturated heterocycles. The van der Waals surface area contributed by atoms with Crippen molar-refractivity contribution in [3.05, 3.63) is 93.5 Å². The third-order valence-electron chi connectivity index (χ3n) is 4.10. The van der Waals surface area contributed by atoms with E-state index < -0.39 is 0 Å². The molecule has 30 heavy (non-hydrogen) atoms. The molecule has 5 nitrogen and oxygen atoms in total. The van der Waals surface area contributed by atoms with Gasteiger partial charge in [0.05, 0.1) is 12.8 Å². The van der Waals surface area contributed by atoms with Crippen molar-refractivity contribution in [2.75, 3.05) is 6.61 Å². The molecule has 0 unspecified atom stereocenters. The van der Waals surface area contributed by atoms with E-state index in [1.165, 1.54) is 0 Å². The number of hydrazone groups is 1. The Hall–Kier alpha value is -3.02. The van der Waals surface area contributed by atoms with Gasteiger partial charge in [-0.15, -0.1) is 0 Å². The van der Waals surface area contributed by atoms with Crippen molar-refractivity contribution in [2.45, 2.75) is 13.5 Å². The second-order valence-electron chi connectivity index (χ2n) is 6.25. The lowest BCUT2D eigenvalue weighted by Gasteiger charge is -2.08. The highest BCUT2D eigenvalue weighted by Gasteiger charge is 2.05. The minimum atomic E-state index is -0.297. The van der Waals surface area contributed by atoms with Crippen LogP contribution in [0.25, 0.3) is 0 Å². The Kier molecular flexibility index (Phi) is 7.71. The maximum absolute atomic E-state index is 12.1. The molecule has 3 aromatic carbocycles. The molecule has 0 spiro atoms. The Bertz CT molecular complexity index is 1020. The highest BCUT2D eigenvalue weighted by Crippen LogP contribution is 2.22. The summed E-state index contributed by atoms with van der Waals surface area (Å²) >= 11 is 12.0. The predicted molar refractivity (Wildman–Crippen MR) is 120 cm³/mol. The fourth-order valence-corrected chi connectivity index (χ4v) is 3.01. The molecule has 0 aliphatic carbocycles. The first-order valence-electron chi connectivity index (χ1n) is 9.28. The molecule has 0 saturated carbocycles. The summed E-state index contributed by atoms with van der Waals surface area (Å²) in [5.74, 6) is 1.11. The summed E-state index contributed by atoms with van der Waals surface area (Å²) in [7, 11) is 0. The maximum atomic E-state index is 12.1. The Balaban J connectivity index is 1.50. The van der Waals surface area contributed by atoms with Crippen LogP contribution in [0.2, 0.25) is 10.0 Å². The van der Waals surface area contributed by atoms with Gasteiger partial charge in [0.25, 0.3) is 5.91 Å². The van der Waals surface area contributed by atoms with Crippen LogP contribution < -0.4 is 14.9 Å². The monoisotopic (exact) mass is 442 g/mol. The van der Waals surface area contributed by atoms with Crippen LogP contribution in [-0.4, -0.2) is 18.7 Å². The van der Waals surface area contributed by atoms with E-state index in [4.69, 9.17) is 32.7 Å². The van der Waals surface area contributed by atoms with Crippen molar-refractivity contribution >= 4 is 35.3 Å². The van der Waals surface area contributed by atoms with Crippen molar-refractivity contribution in [2.24, 2.45) is 5.10 Å². The molecule has 7 heteroatoms. The lowest BCUT2D eigenvalue weighted by Crippen LogP contribution is -2.17. The van der Waals surface area contributed by atoms with E-state index >= 15 is 0 Å². The van der Waals surface area contributed by atoms with Crippen LogP contribution >= 0.6 is 23.2 Å². The SMILES string of the molecule is CCOc1ccc(C(=O)N/N=C/c2ccc(OCc3ccc(Cl)cc3Cl)cc2)cc1. The topological polar surface area (TPSA) is 59.9 Å². The number of halogens is 2. The molecule has 0 aliphatic heterocycles. The summed E-state index contributed by atoms with van der Waals surface area (Å²) in [6, 6.07) is 19.5. The Morgan fingerprint density at radius 3 is 2.30 bits per heavy atom. The molecule has 3 rings (SSSR count). The van der Waals surface area contributed by atoms with Gasteiger partial charge in [0.15, 0.2) is 0 Å². The summed E-state index contributed by atoms with van der Waals surface area (Å²) < 4.78 is 11.1. The molecule has 0 atom stereocenters. The zero-order valence-corrected chi connectivity index (χ0v) is 17.8. The number of amides is 1. The highest BCUT2D eigenvalue weighted by molar-refractivity contribution is 6.35. The van der Waals surface area contributed by atoms with Crippen LogP contribution in [0, 0.1) is 0 Å². The van der Waals surface area contributed by atoms with Gasteiger partial charge >= 0.3 is 0 Å². The second-order valence-corrected chi connectivity index (χ2v) is 7.09. The van der Waals surface area contributed by atoms with Crippen LogP contribution in [0.15, 0.2) is 71.8 Å². The van der Waals surface area contributed by atoms with Crippen LogP contribution in [-0.2, 0) is 6.61 Å². The van der Waals surface area contributed by atoms with E-state index in [0.29, 0.717) is 34.6 Å². The fourth-order valence-electron chi connectivity index (χ4n) is 2.55. The second kappa shape index (κ2) is 10.7. The number of nitrogens with one attached hydrogen (secondary N) is 1. The van der Waals surface area contributed by atoms with Gasteiger partial charge in [0.2, 0.25) is 0 Å². The van der Waals surface area contributed by atoms with Crippen molar-refractivity contribution in [3.63, 3.8) is 0 Å². The fraction of sp³-hybridized carbons (Fsp3) is 0.130. The summed E-state index contributed by atoms with van der Waals surface area (Å²) in [5.41, 5.74) is 4.67. The van der Waals surface area contributed by atoms with Gasteiger partial charge in [-0.2, -0.15) is 5.10 Å². The van der Waals surface area contributed by atoms with Gasteiger partial charge in [0.1, 0.15) is 18.1 Å². The number of ether oxygens (including phenoxy) is 2. The van der Waals surface area contributed by atoms with Gasteiger partial charge in [-0.3, -0.25) is 4.79 Å². The van der Waals surface area contributed by atoms with Crippen molar-refractivity contribution in [1.82, 2.24) is 5.43 Å². The summed E-state index contributed by atoms with van der Waals surface area (Å²) in [6.45, 7) is 2.82. The number of rotatable bonds is 8. The first-order chi connectivity index (χ1) is 14.5. The van der Waals surface area contributed by atoms with Gasteiger partial charge in [-0.1, -0.05) is 29.3 Å². The van der Waals surface area contributed by atoms with E-state index in [-0.39, 0.29) is 5.91 Å². The standard InChI is InChI=1S/C23H20Cl2N2O3/c1-2-29-20-11-6-17(7-12-20)23(28)27-26-14-16-3-9-21(10-4-16)30-15-18-5-8-19(24)13-22(18)25/h3-14H,2,15H2,1H3,(H,27,28)/b26-14+. The third-order valence-corrected chi connectivity index (χ3v) is 4.68. The molecule has 0 aliphatic rings. The first-order valence-corrected chi connectivity index (χ1v) is 10.0. The summed E-state index contributed by atoms with van der Waals surface area (Å²) in [4.78, 5) is 12.1. The van der Waals surface area contributed by atoms with Gasteiger partial charge in [-0.05, 0) is 73.2 Å². The summed E-state index contributed by atoms with van der Waals surface area (Å²) in [6.07, 6.45) is 1.56. The average Bonchev–Trinajstić information content (AvgIpc) is 2.75. The van der Waals surface area contributed by atoms with Crippen LogP contribution in [0.4, 0.5) is 0 Å². The average molecular weight is 443 g/mol. The molecule has 1 N–H and O–H groups in total. The smallest absolute Gasteiger partial charge is 0.271 e. The molecule has 3 aromatic rings. The molecule has 0 aromatic heterocycles. The Labute approximate surface area is 185 Å². The van der Waals surface area contributed by atoms with E-state index in [9.17, 15) is 4.79 Å². The number of hydrogen-bond acceptors (Lipinski definition) is 4. The number of carbonyl (C=O) groups is 1. The van der Waals surface area contributed by atoms with E-state index in [1.807, 2.05) is 37.3 Å². The van der Waals surface area contributed by atoms with Crippen LogP contribution in [0.1, 0.15) is 28.4 Å². The predicted octanol–water partition coefficient (Wildman–Crippen LogP) is 5.74. The summed E-state index contributed by atoms with van der Waals surface area (Å²) in [5, 5.41) is 5.14. The number of hydrogen-bond donors (Lipinski definition) is 1. The lowest BCUT2D eigenvalue weighted by molar-refractivity contribution is 0.0955. The molecule has 1 amide bonds. The minimum absolute atomic E-state index is 0.297. The zero-order chi connectivity index (χ0) is 21.3. The number of carbonyl (C=O) groups excluding carboxylic acids is 1. The van der Waals surface area contributed by atoms with Crippen LogP contribution in [0.5, 0.6) is 11.5 Å². The first kappa shape index (κ1) is 21.7. The molecular formula is C23H20Cl2N2O3. The minimum Gasteiger partial charge on any atom is -0.494 e. The Morgan fingerprint density at radius 2 is 1.63 bits per heavy atom. The van der Waals surface area contributed by atoms with E-state index in [2.05, 4.69) is 10.5 Å². The molecule has 0 heterocycles. The molecule has 0 bridgehead atoms. The largest absolute Gasteiger partial charge is 0.494 e. The highest BCUT2D eigenvalue weighted by atomic mass is 35.5. The lowest BCUT2D eigenvalue weighted by atomic mass is 10.2. The van der Waals surface area contributed by atoms with Crippen molar-refractivity contribution in [1.29, 1.82) is 0 Å². The van der Waals surface area contributed by atoms with Gasteiger partial charge in [-0.25, -0.2) is 5.43 Å². The van der Waals surface area contributed by atoms with E-state index in [0.717, 1.165) is 16.9 Å². The number of benzene rings is 3. The zero-order valence-electron chi connectivity index (χ0n) is 16.3. The maximum Gasteiger partial charge on any atom is 0.271 e.